The van der Waals surface area contributed by atoms with Gasteiger partial charge in [0.2, 0.25) is 0 Å². The molecule has 0 saturated heterocycles. The Labute approximate surface area is 123 Å². The highest BCUT2D eigenvalue weighted by atomic mass is 79.9. The third-order valence-corrected chi connectivity index (χ3v) is 4.72. The predicted octanol–water partition coefficient (Wildman–Crippen LogP) is 3.67. The standard InChI is InChI=1S/C13H18BrClO2S/c1-18(16,17)7-3-5-12(10-15)8-11-4-2-6-13(14)9-11/h2,4,6,9,12H,3,5,7-8,10H2,1H3. The highest BCUT2D eigenvalue weighted by molar-refractivity contribution is 9.10. The van der Waals surface area contributed by atoms with Gasteiger partial charge < -0.3 is 0 Å². The SMILES string of the molecule is CS(=O)(=O)CCCC(CCl)Cc1cccc(Br)c1. The van der Waals surface area contributed by atoms with Gasteiger partial charge in [0.15, 0.2) is 0 Å². The van der Waals surface area contributed by atoms with Gasteiger partial charge in [-0.2, -0.15) is 0 Å². The first kappa shape index (κ1) is 16.0. The van der Waals surface area contributed by atoms with Crippen LogP contribution in [0.3, 0.4) is 0 Å². The van der Waals surface area contributed by atoms with Crippen molar-refractivity contribution in [1.82, 2.24) is 0 Å². The molecule has 0 heterocycles. The van der Waals surface area contributed by atoms with E-state index in [0.717, 1.165) is 17.3 Å². The first-order valence-corrected chi connectivity index (χ1v) is 9.27. The third-order valence-electron chi connectivity index (χ3n) is 2.76. The lowest BCUT2D eigenvalue weighted by molar-refractivity contribution is 0.524. The summed E-state index contributed by atoms with van der Waals surface area (Å²) in [5, 5.41) is 0. The molecule has 102 valence electrons. The molecule has 18 heavy (non-hydrogen) atoms. The van der Waals surface area contributed by atoms with Crippen LogP contribution in [-0.2, 0) is 16.3 Å². The number of hydrogen-bond acceptors (Lipinski definition) is 2. The summed E-state index contributed by atoms with van der Waals surface area (Å²) in [4.78, 5) is 0. The summed E-state index contributed by atoms with van der Waals surface area (Å²) in [5.41, 5.74) is 1.23. The van der Waals surface area contributed by atoms with E-state index in [9.17, 15) is 8.42 Å². The van der Waals surface area contributed by atoms with E-state index in [4.69, 9.17) is 11.6 Å². The van der Waals surface area contributed by atoms with Crippen LogP contribution in [-0.4, -0.2) is 26.3 Å². The summed E-state index contributed by atoms with van der Waals surface area (Å²) in [6.07, 6.45) is 3.71. The lowest BCUT2D eigenvalue weighted by atomic mass is 9.97. The Kier molecular flexibility index (Phi) is 6.67. The Morgan fingerprint density at radius 2 is 2.11 bits per heavy atom. The Hall–Kier alpha value is -0.0600. The fourth-order valence-electron chi connectivity index (χ4n) is 1.87. The van der Waals surface area contributed by atoms with E-state index in [2.05, 4.69) is 28.1 Å². The van der Waals surface area contributed by atoms with Crippen LogP contribution in [0, 0.1) is 5.92 Å². The summed E-state index contributed by atoms with van der Waals surface area (Å²) in [6.45, 7) is 0. The van der Waals surface area contributed by atoms with Crippen molar-refractivity contribution in [2.45, 2.75) is 19.3 Å². The lowest BCUT2D eigenvalue weighted by Gasteiger charge is -2.13. The van der Waals surface area contributed by atoms with Gasteiger partial charge in [-0.15, -0.1) is 11.6 Å². The highest BCUT2D eigenvalue weighted by Crippen LogP contribution is 2.19. The van der Waals surface area contributed by atoms with Crippen molar-refractivity contribution in [3.8, 4) is 0 Å². The second-order valence-corrected chi connectivity index (χ2v) is 8.11. The summed E-state index contributed by atoms with van der Waals surface area (Å²) in [6, 6.07) is 8.14. The zero-order valence-corrected chi connectivity index (χ0v) is 13.6. The van der Waals surface area contributed by atoms with Crippen LogP contribution >= 0.6 is 27.5 Å². The molecule has 0 fully saturated rings. The summed E-state index contributed by atoms with van der Waals surface area (Å²) < 4.78 is 23.2. The molecule has 0 radical (unpaired) electrons. The van der Waals surface area contributed by atoms with E-state index in [1.807, 2.05) is 12.1 Å². The van der Waals surface area contributed by atoms with Gasteiger partial charge in [-0.05, 0) is 42.9 Å². The molecule has 1 unspecified atom stereocenters. The van der Waals surface area contributed by atoms with Crippen molar-refractivity contribution in [3.05, 3.63) is 34.3 Å². The van der Waals surface area contributed by atoms with Crippen LogP contribution < -0.4 is 0 Å². The number of rotatable bonds is 7. The number of halogens is 2. The predicted molar refractivity (Wildman–Crippen MR) is 81.0 cm³/mol. The normalized spacial score (nSPS) is 13.5. The quantitative estimate of drug-likeness (QED) is 0.701. The minimum atomic E-state index is -2.86. The van der Waals surface area contributed by atoms with Crippen LogP contribution in [0.5, 0.6) is 0 Å². The highest BCUT2D eigenvalue weighted by Gasteiger charge is 2.10. The first-order chi connectivity index (χ1) is 8.40. The molecular formula is C13H18BrClO2S. The summed E-state index contributed by atoms with van der Waals surface area (Å²) >= 11 is 9.39. The average molecular weight is 354 g/mol. The van der Waals surface area contributed by atoms with Gasteiger partial charge in [0.05, 0.1) is 0 Å². The van der Waals surface area contributed by atoms with Crippen molar-refractivity contribution < 1.29 is 8.42 Å². The zero-order valence-electron chi connectivity index (χ0n) is 10.4. The second-order valence-electron chi connectivity index (χ2n) is 4.63. The Morgan fingerprint density at radius 3 is 2.67 bits per heavy atom. The van der Waals surface area contributed by atoms with Crippen molar-refractivity contribution in [2.24, 2.45) is 5.92 Å². The molecule has 2 nitrogen and oxygen atoms in total. The largest absolute Gasteiger partial charge is 0.229 e. The zero-order chi connectivity index (χ0) is 13.6. The smallest absolute Gasteiger partial charge is 0.147 e. The number of hydrogen-bond donors (Lipinski definition) is 0. The maximum Gasteiger partial charge on any atom is 0.147 e. The topological polar surface area (TPSA) is 34.1 Å². The molecule has 0 aliphatic heterocycles. The van der Waals surface area contributed by atoms with E-state index < -0.39 is 9.84 Å². The average Bonchev–Trinajstić information content (AvgIpc) is 2.26. The molecule has 0 aliphatic carbocycles. The van der Waals surface area contributed by atoms with Crippen molar-refractivity contribution in [2.75, 3.05) is 17.9 Å². The molecule has 5 heteroatoms. The molecule has 1 rings (SSSR count). The Bertz CT molecular complexity index is 474. The van der Waals surface area contributed by atoms with Crippen molar-refractivity contribution in [3.63, 3.8) is 0 Å². The number of sulfone groups is 1. The van der Waals surface area contributed by atoms with E-state index >= 15 is 0 Å². The van der Waals surface area contributed by atoms with Crippen molar-refractivity contribution in [1.29, 1.82) is 0 Å². The van der Waals surface area contributed by atoms with Gasteiger partial charge >= 0.3 is 0 Å². The van der Waals surface area contributed by atoms with E-state index in [-0.39, 0.29) is 5.75 Å². The number of benzene rings is 1. The minimum absolute atomic E-state index is 0.249. The van der Waals surface area contributed by atoms with E-state index in [0.29, 0.717) is 18.2 Å². The van der Waals surface area contributed by atoms with Gasteiger partial charge in [-0.1, -0.05) is 28.1 Å². The van der Waals surface area contributed by atoms with Gasteiger partial charge in [-0.25, -0.2) is 8.42 Å². The second kappa shape index (κ2) is 7.51. The molecule has 0 bridgehead atoms. The molecule has 0 aromatic heterocycles. The molecule has 0 saturated carbocycles. The molecule has 0 amide bonds. The van der Waals surface area contributed by atoms with Crippen LogP contribution in [0.1, 0.15) is 18.4 Å². The van der Waals surface area contributed by atoms with Gasteiger partial charge in [0, 0.05) is 22.4 Å². The summed E-state index contributed by atoms with van der Waals surface area (Å²) in [7, 11) is -2.86. The van der Waals surface area contributed by atoms with Crippen LogP contribution in [0.2, 0.25) is 0 Å². The minimum Gasteiger partial charge on any atom is -0.229 e. The van der Waals surface area contributed by atoms with E-state index in [1.54, 1.807) is 0 Å². The molecule has 0 N–H and O–H groups in total. The van der Waals surface area contributed by atoms with Gasteiger partial charge in [-0.3, -0.25) is 0 Å². The van der Waals surface area contributed by atoms with Crippen LogP contribution in [0.4, 0.5) is 0 Å². The lowest BCUT2D eigenvalue weighted by Crippen LogP contribution is -2.10. The number of alkyl halides is 1. The molecular weight excluding hydrogens is 336 g/mol. The molecule has 1 aromatic carbocycles. The summed E-state index contributed by atoms with van der Waals surface area (Å²) in [5.74, 6) is 1.15. The van der Waals surface area contributed by atoms with Gasteiger partial charge in [0.25, 0.3) is 0 Å². The Balaban J connectivity index is 2.47. The molecule has 1 aromatic rings. The van der Waals surface area contributed by atoms with Crippen molar-refractivity contribution >= 4 is 37.4 Å². The fourth-order valence-corrected chi connectivity index (χ4v) is 3.27. The van der Waals surface area contributed by atoms with Crippen LogP contribution in [0.15, 0.2) is 28.7 Å². The third kappa shape index (κ3) is 6.76. The monoisotopic (exact) mass is 352 g/mol. The Morgan fingerprint density at radius 1 is 1.39 bits per heavy atom. The van der Waals surface area contributed by atoms with Crippen LogP contribution in [0.25, 0.3) is 0 Å². The fraction of sp³-hybridized carbons (Fsp3) is 0.538. The molecule has 0 spiro atoms. The van der Waals surface area contributed by atoms with E-state index in [1.165, 1.54) is 11.8 Å². The molecule has 1 atom stereocenters. The molecule has 0 aliphatic rings. The maximum absolute atomic E-state index is 11.1. The maximum atomic E-state index is 11.1. The van der Waals surface area contributed by atoms with Gasteiger partial charge in [0.1, 0.15) is 9.84 Å². The first-order valence-electron chi connectivity index (χ1n) is 5.89.